The average Bonchev–Trinajstić information content (AvgIpc) is 2.96. The topological polar surface area (TPSA) is 64.4 Å². The van der Waals surface area contributed by atoms with E-state index in [4.69, 9.17) is 9.26 Å². The summed E-state index contributed by atoms with van der Waals surface area (Å²) in [6.45, 7) is 6.68. The molecule has 2 aromatic carbocycles. The lowest BCUT2D eigenvalue weighted by Gasteiger charge is -2.08. The normalized spacial score (nSPS) is 10.6. The molecule has 0 saturated carbocycles. The number of aryl methyl sites for hydroxylation is 3. The van der Waals surface area contributed by atoms with Crippen LogP contribution in [0.4, 0.5) is 0 Å². The Morgan fingerprint density at radius 1 is 1.12 bits per heavy atom. The largest absolute Gasteiger partial charge is 0.489 e. The molecule has 1 aromatic heterocycles. The summed E-state index contributed by atoms with van der Waals surface area (Å²) in [6, 6.07) is 15.2. The highest BCUT2D eigenvalue weighted by molar-refractivity contribution is 5.94. The third-order valence-electron chi connectivity index (χ3n) is 4.22. The highest BCUT2D eigenvalue weighted by Gasteiger charge is 2.10. The molecule has 1 amide bonds. The SMILES string of the molecule is Cc1cccc(CNC(=O)c2ccc(OCc3c(C)noc3C)cc2)c1. The van der Waals surface area contributed by atoms with Gasteiger partial charge in [-0.3, -0.25) is 4.79 Å². The predicted octanol–water partition coefficient (Wildman–Crippen LogP) is 4.11. The van der Waals surface area contributed by atoms with E-state index >= 15 is 0 Å². The molecular formula is C21H22N2O3. The summed E-state index contributed by atoms with van der Waals surface area (Å²) < 4.78 is 10.9. The monoisotopic (exact) mass is 350 g/mol. The number of nitrogens with one attached hydrogen (secondary N) is 1. The average molecular weight is 350 g/mol. The predicted molar refractivity (Wildman–Crippen MR) is 99.1 cm³/mol. The van der Waals surface area contributed by atoms with E-state index in [0.29, 0.717) is 24.5 Å². The van der Waals surface area contributed by atoms with Gasteiger partial charge in [0.25, 0.3) is 5.91 Å². The van der Waals surface area contributed by atoms with E-state index in [9.17, 15) is 4.79 Å². The van der Waals surface area contributed by atoms with E-state index in [0.717, 1.165) is 22.6 Å². The first-order chi connectivity index (χ1) is 12.5. The van der Waals surface area contributed by atoms with Crippen molar-refractivity contribution in [3.63, 3.8) is 0 Å². The number of hydrogen-bond donors (Lipinski definition) is 1. The Morgan fingerprint density at radius 2 is 1.88 bits per heavy atom. The number of hydrogen-bond acceptors (Lipinski definition) is 4. The first-order valence-electron chi connectivity index (χ1n) is 8.51. The molecule has 0 saturated heterocycles. The van der Waals surface area contributed by atoms with Crippen LogP contribution in [-0.2, 0) is 13.2 Å². The molecule has 26 heavy (non-hydrogen) atoms. The number of amides is 1. The summed E-state index contributed by atoms with van der Waals surface area (Å²) in [5.41, 5.74) is 4.64. The van der Waals surface area contributed by atoms with Crippen LogP contribution in [0.2, 0.25) is 0 Å². The van der Waals surface area contributed by atoms with Gasteiger partial charge in [0, 0.05) is 12.1 Å². The van der Waals surface area contributed by atoms with Crippen LogP contribution in [0.25, 0.3) is 0 Å². The molecule has 134 valence electrons. The van der Waals surface area contributed by atoms with Gasteiger partial charge in [-0.1, -0.05) is 35.0 Å². The molecule has 0 aliphatic heterocycles. The van der Waals surface area contributed by atoms with Crippen molar-refractivity contribution in [3.8, 4) is 5.75 Å². The molecule has 0 aliphatic rings. The molecule has 1 heterocycles. The van der Waals surface area contributed by atoms with Crippen molar-refractivity contribution in [2.75, 3.05) is 0 Å². The number of rotatable bonds is 6. The minimum atomic E-state index is -0.108. The first-order valence-corrected chi connectivity index (χ1v) is 8.51. The van der Waals surface area contributed by atoms with Gasteiger partial charge in [-0.25, -0.2) is 0 Å². The summed E-state index contributed by atoms with van der Waals surface area (Å²) in [4.78, 5) is 12.3. The van der Waals surface area contributed by atoms with Crippen LogP contribution >= 0.6 is 0 Å². The molecule has 3 rings (SSSR count). The molecule has 1 N–H and O–H groups in total. The third kappa shape index (κ3) is 4.30. The lowest BCUT2D eigenvalue weighted by molar-refractivity contribution is 0.0951. The van der Waals surface area contributed by atoms with Crippen LogP contribution < -0.4 is 10.1 Å². The molecule has 0 aliphatic carbocycles. The molecule has 5 heteroatoms. The van der Waals surface area contributed by atoms with Gasteiger partial charge >= 0.3 is 0 Å². The smallest absolute Gasteiger partial charge is 0.251 e. The summed E-state index contributed by atoms with van der Waals surface area (Å²) in [6.07, 6.45) is 0. The van der Waals surface area contributed by atoms with Crippen LogP contribution in [0, 0.1) is 20.8 Å². The van der Waals surface area contributed by atoms with E-state index in [1.807, 2.05) is 39.0 Å². The van der Waals surface area contributed by atoms with Crippen LogP contribution in [0.1, 0.15) is 38.5 Å². The summed E-state index contributed by atoms with van der Waals surface area (Å²) in [7, 11) is 0. The standard InChI is InChI=1S/C21H22N2O3/c1-14-5-4-6-17(11-14)12-22-21(24)18-7-9-19(10-8-18)25-13-20-15(2)23-26-16(20)3/h4-11H,12-13H2,1-3H3,(H,22,24). The fourth-order valence-corrected chi connectivity index (χ4v) is 2.67. The minimum absolute atomic E-state index is 0.108. The molecule has 0 bridgehead atoms. The third-order valence-corrected chi connectivity index (χ3v) is 4.22. The fourth-order valence-electron chi connectivity index (χ4n) is 2.67. The second-order valence-corrected chi connectivity index (χ2v) is 6.29. The molecule has 0 atom stereocenters. The second kappa shape index (κ2) is 7.87. The number of benzene rings is 2. The van der Waals surface area contributed by atoms with Gasteiger partial charge in [-0.15, -0.1) is 0 Å². The number of ether oxygens (including phenoxy) is 1. The van der Waals surface area contributed by atoms with Gasteiger partial charge in [-0.05, 0) is 50.6 Å². The van der Waals surface area contributed by atoms with Crippen LogP contribution in [0.5, 0.6) is 5.75 Å². The molecule has 5 nitrogen and oxygen atoms in total. The van der Waals surface area contributed by atoms with Crippen molar-refractivity contribution < 1.29 is 14.1 Å². The van der Waals surface area contributed by atoms with E-state index in [-0.39, 0.29) is 5.91 Å². The zero-order chi connectivity index (χ0) is 18.5. The van der Waals surface area contributed by atoms with Gasteiger partial charge in [0.15, 0.2) is 0 Å². The lowest BCUT2D eigenvalue weighted by atomic mass is 10.1. The molecule has 0 radical (unpaired) electrons. The number of aromatic nitrogens is 1. The van der Waals surface area contributed by atoms with Crippen molar-refractivity contribution in [2.24, 2.45) is 0 Å². The van der Waals surface area contributed by atoms with Crippen molar-refractivity contribution in [1.82, 2.24) is 10.5 Å². The van der Waals surface area contributed by atoms with Crippen LogP contribution in [0.15, 0.2) is 53.1 Å². The number of carbonyl (C=O) groups is 1. The highest BCUT2D eigenvalue weighted by atomic mass is 16.5. The van der Waals surface area contributed by atoms with E-state index in [2.05, 4.69) is 16.5 Å². The molecule has 0 spiro atoms. The van der Waals surface area contributed by atoms with Gasteiger partial charge in [-0.2, -0.15) is 0 Å². The Balaban J connectivity index is 1.56. The Kier molecular flexibility index (Phi) is 5.37. The van der Waals surface area contributed by atoms with Crippen molar-refractivity contribution in [1.29, 1.82) is 0 Å². The van der Waals surface area contributed by atoms with Crippen LogP contribution in [0.3, 0.4) is 0 Å². The molecule has 3 aromatic rings. The Morgan fingerprint density at radius 3 is 2.54 bits per heavy atom. The lowest BCUT2D eigenvalue weighted by Crippen LogP contribution is -2.22. The Labute approximate surface area is 153 Å². The molecular weight excluding hydrogens is 328 g/mol. The Bertz CT molecular complexity index is 878. The van der Waals surface area contributed by atoms with Gasteiger partial charge in [0.1, 0.15) is 18.1 Å². The van der Waals surface area contributed by atoms with E-state index in [1.165, 1.54) is 5.56 Å². The first kappa shape index (κ1) is 17.7. The van der Waals surface area contributed by atoms with Crippen LogP contribution in [-0.4, -0.2) is 11.1 Å². The minimum Gasteiger partial charge on any atom is -0.489 e. The summed E-state index contributed by atoms with van der Waals surface area (Å²) in [5, 5.41) is 6.84. The highest BCUT2D eigenvalue weighted by Crippen LogP contribution is 2.18. The van der Waals surface area contributed by atoms with Gasteiger partial charge in [0.2, 0.25) is 0 Å². The zero-order valence-corrected chi connectivity index (χ0v) is 15.2. The van der Waals surface area contributed by atoms with E-state index in [1.54, 1.807) is 24.3 Å². The second-order valence-electron chi connectivity index (χ2n) is 6.29. The maximum absolute atomic E-state index is 12.3. The van der Waals surface area contributed by atoms with Crippen molar-refractivity contribution in [2.45, 2.75) is 33.9 Å². The summed E-state index contributed by atoms with van der Waals surface area (Å²) in [5.74, 6) is 1.35. The summed E-state index contributed by atoms with van der Waals surface area (Å²) >= 11 is 0. The Hall–Kier alpha value is -3.08. The van der Waals surface area contributed by atoms with Crippen molar-refractivity contribution in [3.05, 3.63) is 82.2 Å². The number of carbonyl (C=O) groups excluding carboxylic acids is 1. The maximum Gasteiger partial charge on any atom is 0.251 e. The quantitative estimate of drug-likeness (QED) is 0.727. The van der Waals surface area contributed by atoms with Gasteiger partial charge in [0.05, 0.1) is 11.3 Å². The fraction of sp³-hybridized carbons (Fsp3) is 0.238. The van der Waals surface area contributed by atoms with E-state index < -0.39 is 0 Å². The van der Waals surface area contributed by atoms with Crippen molar-refractivity contribution >= 4 is 5.91 Å². The molecule has 0 unspecified atom stereocenters. The van der Waals surface area contributed by atoms with Gasteiger partial charge < -0.3 is 14.6 Å². The number of nitrogens with zero attached hydrogens (tertiary/aromatic N) is 1. The zero-order valence-electron chi connectivity index (χ0n) is 15.2. The molecule has 0 fully saturated rings. The maximum atomic E-state index is 12.3.